The molecule has 0 aliphatic carbocycles. The molecule has 1 atom stereocenters. The molecule has 5 nitrogen and oxygen atoms in total. The number of nitrogens with one attached hydrogen (secondary N) is 1. The SMILES string of the molecule is C=CC(=O)NCC[C@@H]1CCCN1C(=O)OC(C)(C)C. The largest absolute Gasteiger partial charge is 0.444 e. The van der Waals surface area contributed by atoms with Crippen molar-refractivity contribution >= 4 is 12.0 Å². The summed E-state index contributed by atoms with van der Waals surface area (Å²) in [5, 5.41) is 2.73. The molecule has 0 saturated carbocycles. The van der Waals surface area contributed by atoms with Crippen molar-refractivity contribution in [1.29, 1.82) is 0 Å². The smallest absolute Gasteiger partial charge is 0.410 e. The van der Waals surface area contributed by atoms with Crippen molar-refractivity contribution < 1.29 is 14.3 Å². The van der Waals surface area contributed by atoms with E-state index in [0.717, 1.165) is 25.8 Å². The summed E-state index contributed by atoms with van der Waals surface area (Å²) < 4.78 is 5.38. The van der Waals surface area contributed by atoms with Gasteiger partial charge in [0.2, 0.25) is 5.91 Å². The summed E-state index contributed by atoms with van der Waals surface area (Å²) in [6, 6.07) is 0.153. The lowest BCUT2D eigenvalue weighted by Crippen LogP contribution is -2.41. The zero-order valence-electron chi connectivity index (χ0n) is 12.1. The number of hydrogen-bond acceptors (Lipinski definition) is 3. The van der Waals surface area contributed by atoms with Crippen molar-refractivity contribution in [2.45, 2.75) is 51.7 Å². The van der Waals surface area contributed by atoms with Crippen LogP contribution in [0, 0.1) is 0 Å². The molecule has 1 aliphatic heterocycles. The summed E-state index contributed by atoms with van der Waals surface area (Å²) in [4.78, 5) is 24.8. The van der Waals surface area contributed by atoms with Gasteiger partial charge in [0.25, 0.3) is 0 Å². The first-order valence-corrected chi connectivity index (χ1v) is 6.73. The highest BCUT2D eigenvalue weighted by Crippen LogP contribution is 2.22. The Kier molecular flexibility index (Phi) is 5.39. The lowest BCUT2D eigenvalue weighted by atomic mass is 10.1. The van der Waals surface area contributed by atoms with Gasteiger partial charge in [0.1, 0.15) is 5.60 Å². The van der Waals surface area contributed by atoms with Crippen molar-refractivity contribution in [2.24, 2.45) is 0 Å². The van der Waals surface area contributed by atoms with Crippen LogP contribution in [-0.2, 0) is 9.53 Å². The highest BCUT2D eigenvalue weighted by atomic mass is 16.6. The van der Waals surface area contributed by atoms with Crippen LogP contribution in [0.25, 0.3) is 0 Å². The molecule has 108 valence electrons. The predicted octanol–water partition coefficient (Wildman–Crippen LogP) is 2.08. The Morgan fingerprint density at radius 2 is 2.16 bits per heavy atom. The molecule has 1 heterocycles. The summed E-state index contributed by atoms with van der Waals surface area (Å²) in [6.07, 6.45) is 3.69. The summed E-state index contributed by atoms with van der Waals surface area (Å²) in [7, 11) is 0. The van der Waals surface area contributed by atoms with Crippen LogP contribution in [0.3, 0.4) is 0 Å². The normalized spacial score (nSPS) is 19.1. The molecule has 0 bridgehead atoms. The summed E-state index contributed by atoms with van der Waals surface area (Å²) in [5.41, 5.74) is -0.471. The first-order valence-electron chi connectivity index (χ1n) is 6.73. The first-order chi connectivity index (χ1) is 8.83. The van der Waals surface area contributed by atoms with E-state index in [2.05, 4.69) is 11.9 Å². The Bertz CT molecular complexity index is 347. The van der Waals surface area contributed by atoms with Gasteiger partial charge >= 0.3 is 6.09 Å². The van der Waals surface area contributed by atoms with E-state index in [-0.39, 0.29) is 18.0 Å². The van der Waals surface area contributed by atoms with Gasteiger partial charge in [-0.2, -0.15) is 0 Å². The van der Waals surface area contributed by atoms with E-state index in [9.17, 15) is 9.59 Å². The second-order valence-electron chi connectivity index (χ2n) is 5.75. The predicted molar refractivity (Wildman–Crippen MR) is 73.8 cm³/mol. The second kappa shape index (κ2) is 6.59. The number of ether oxygens (including phenoxy) is 1. The van der Waals surface area contributed by atoms with Crippen molar-refractivity contribution in [1.82, 2.24) is 10.2 Å². The Morgan fingerprint density at radius 1 is 1.47 bits per heavy atom. The lowest BCUT2D eigenvalue weighted by molar-refractivity contribution is -0.116. The Morgan fingerprint density at radius 3 is 2.74 bits per heavy atom. The highest BCUT2D eigenvalue weighted by Gasteiger charge is 2.31. The molecule has 1 saturated heterocycles. The number of carbonyl (C=O) groups is 2. The van der Waals surface area contributed by atoms with E-state index in [0.29, 0.717) is 6.54 Å². The molecule has 1 rings (SSSR count). The number of likely N-dealkylation sites (tertiary alicyclic amines) is 1. The molecule has 0 aromatic rings. The minimum atomic E-state index is -0.471. The zero-order valence-corrected chi connectivity index (χ0v) is 12.1. The van der Waals surface area contributed by atoms with Crippen LogP contribution in [-0.4, -0.2) is 41.6 Å². The second-order valence-corrected chi connectivity index (χ2v) is 5.75. The Hall–Kier alpha value is -1.52. The number of amides is 2. The van der Waals surface area contributed by atoms with E-state index < -0.39 is 5.60 Å². The molecule has 0 radical (unpaired) electrons. The Balaban J connectivity index is 2.43. The van der Waals surface area contributed by atoms with Gasteiger partial charge in [-0.15, -0.1) is 0 Å². The molecule has 1 N–H and O–H groups in total. The maximum Gasteiger partial charge on any atom is 0.410 e. The van der Waals surface area contributed by atoms with Crippen LogP contribution in [0.15, 0.2) is 12.7 Å². The van der Waals surface area contributed by atoms with Gasteiger partial charge < -0.3 is 15.0 Å². The molecule has 19 heavy (non-hydrogen) atoms. The van der Waals surface area contributed by atoms with E-state index in [1.807, 2.05) is 20.8 Å². The maximum atomic E-state index is 12.0. The average Bonchev–Trinajstić information content (AvgIpc) is 2.75. The molecule has 1 fully saturated rings. The monoisotopic (exact) mass is 268 g/mol. The lowest BCUT2D eigenvalue weighted by Gasteiger charge is -2.28. The molecule has 1 aliphatic rings. The van der Waals surface area contributed by atoms with Crippen LogP contribution in [0.2, 0.25) is 0 Å². The molecular weight excluding hydrogens is 244 g/mol. The van der Waals surface area contributed by atoms with Crippen molar-refractivity contribution in [2.75, 3.05) is 13.1 Å². The average molecular weight is 268 g/mol. The van der Waals surface area contributed by atoms with E-state index in [4.69, 9.17) is 4.74 Å². The van der Waals surface area contributed by atoms with Crippen molar-refractivity contribution in [3.63, 3.8) is 0 Å². The molecule has 0 spiro atoms. The van der Waals surface area contributed by atoms with Gasteiger partial charge in [0.05, 0.1) is 0 Å². The fourth-order valence-corrected chi connectivity index (χ4v) is 2.13. The van der Waals surface area contributed by atoms with Crippen molar-refractivity contribution in [3.05, 3.63) is 12.7 Å². The quantitative estimate of drug-likeness (QED) is 0.794. The van der Waals surface area contributed by atoms with E-state index >= 15 is 0 Å². The molecule has 2 amide bonds. The fraction of sp³-hybridized carbons (Fsp3) is 0.714. The maximum absolute atomic E-state index is 12.0. The van der Waals surface area contributed by atoms with Crippen LogP contribution < -0.4 is 5.32 Å². The first kappa shape index (κ1) is 15.5. The third kappa shape index (κ3) is 5.32. The third-order valence-electron chi connectivity index (χ3n) is 2.97. The van der Waals surface area contributed by atoms with Crippen molar-refractivity contribution in [3.8, 4) is 0 Å². The van der Waals surface area contributed by atoms with Gasteiger partial charge in [-0.25, -0.2) is 4.79 Å². The van der Waals surface area contributed by atoms with Crippen LogP contribution >= 0.6 is 0 Å². The number of nitrogens with zero attached hydrogens (tertiary/aromatic N) is 1. The van der Waals surface area contributed by atoms with Gasteiger partial charge in [0.15, 0.2) is 0 Å². The zero-order chi connectivity index (χ0) is 14.5. The van der Waals surface area contributed by atoms with Gasteiger partial charge in [0, 0.05) is 19.1 Å². The van der Waals surface area contributed by atoms with Gasteiger partial charge in [-0.3, -0.25) is 4.79 Å². The topological polar surface area (TPSA) is 58.6 Å². The summed E-state index contributed by atoms with van der Waals surface area (Å²) >= 11 is 0. The summed E-state index contributed by atoms with van der Waals surface area (Å²) in [6.45, 7) is 10.3. The van der Waals surface area contributed by atoms with Gasteiger partial charge in [-0.1, -0.05) is 6.58 Å². The molecule has 0 aromatic carbocycles. The summed E-state index contributed by atoms with van der Waals surface area (Å²) in [5.74, 6) is -0.179. The molecule has 5 heteroatoms. The van der Waals surface area contributed by atoms with Crippen LogP contribution in [0.1, 0.15) is 40.0 Å². The molecule has 0 unspecified atom stereocenters. The standard InChI is InChI=1S/C14H24N2O3/c1-5-12(17)15-9-8-11-7-6-10-16(11)13(18)19-14(2,3)4/h5,11H,1,6-10H2,2-4H3,(H,15,17)/t11-/m0/s1. The van der Waals surface area contributed by atoms with E-state index in [1.165, 1.54) is 6.08 Å². The molecular formula is C14H24N2O3. The highest BCUT2D eigenvalue weighted by molar-refractivity contribution is 5.86. The third-order valence-corrected chi connectivity index (χ3v) is 2.97. The van der Waals surface area contributed by atoms with Crippen LogP contribution in [0.4, 0.5) is 4.79 Å². The minimum Gasteiger partial charge on any atom is -0.444 e. The number of rotatable bonds is 4. The van der Waals surface area contributed by atoms with Gasteiger partial charge in [-0.05, 0) is 46.1 Å². The Labute approximate surface area is 115 Å². The number of carbonyl (C=O) groups excluding carboxylic acids is 2. The minimum absolute atomic E-state index is 0.153. The van der Waals surface area contributed by atoms with E-state index in [1.54, 1.807) is 4.90 Å². The molecule has 0 aromatic heterocycles. The van der Waals surface area contributed by atoms with Crippen LogP contribution in [0.5, 0.6) is 0 Å². The fourth-order valence-electron chi connectivity index (χ4n) is 2.13. The number of hydrogen-bond donors (Lipinski definition) is 1.